The molecule has 1 aliphatic heterocycles. The summed E-state index contributed by atoms with van der Waals surface area (Å²) in [7, 11) is 0. The van der Waals surface area contributed by atoms with E-state index in [1.54, 1.807) is 30.3 Å². The average Bonchev–Trinajstić information content (AvgIpc) is 3.48. The molecule has 1 aromatic heterocycles. The smallest absolute Gasteiger partial charge is 0.306 e. The van der Waals surface area contributed by atoms with Crippen molar-refractivity contribution in [3.05, 3.63) is 88.1 Å². The third-order valence-corrected chi connectivity index (χ3v) is 5.33. The molecule has 4 rings (SSSR count). The number of halogens is 1. The van der Waals surface area contributed by atoms with Crippen molar-refractivity contribution < 1.29 is 28.1 Å². The standard InChI is InChI=1S/C23H19FN4O6/c24-18-7-6-17(11-19(18)28(32)33)27-13-15(10-21(27)29)22(30)25-12-14-3-1-4-16(9-14)26-23(31)20-5-2-8-34-20/h1-9,11,15H,10,12-13H2,(H,25,30)(H,26,31). The Morgan fingerprint density at radius 2 is 2.00 bits per heavy atom. The number of furan rings is 1. The minimum absolute atomic E-state index is 0.0205. The van der Waals surface area contributed by atoms with Crippen LogP contribution in [0.15, 0.2) is 65.3 Å². The van der Waals surface area contributed by atoms with Crippen molar-refractivity contribution in [2.75, 3.05) is 16.8 Å². The van der Waals surface area contributed by atoms with Gasteiger partial charge in [0.1, 0.15) is 0 Å². The minimum atomic E-state index is -1.00. The second-order valence-corrected chi connectivity index (χ2v) is 7.65. The molecular formula is C23H19FN4O6. The molecule has 1 unspecified atom stereocenters. The molecule has 11 heteroatoms. The van der Waals surface area contributed by atoms with Crippen LogP contribution in [0.4, 0.5) is 21.5 Å². The van der Waals surface area contributed by atoms with E-state index in [1.807, 2.05) is 0 Å². The van der Waals surface area contributed by atoms with E-state index in [0.29, 0.717) is 5.69 Å². The summed E-state index contributed by atoms with van der Waals surface area (Å²) in [6, 6.07) is 13.2. The second kappa shape index (κ2) is 9.53. The predicted octanol–water partition coefficient (Wildman–Crippen LogP) is 3.25. The van der Waals surface area contributed by atoms with Crippen molar-refractivity contribution in [1.82, 2.24) is 5.32 Å². The molecule has 0 bridgehead atoms. The van der Waals surface area contributed by atoms with Gasteiger partial charge in [-0.05, 0) is 42.0 Å². The number of nitrogens with one attached hydrogen (secondary N) is 2. The molecule has 10 nitrogen and oxygen atoms in total. The van der Waals surface area contributed by atoms with Crippen molar-refractivity contribution in [3.63, 3.8) is 0 Å². The lowest BCUT2D eigenvalue weighted by Gasteiger charge is -2.16. The van der Waals surface area contributed by atoms with Gasteiger partial charge >= 0.3 is 5.69 Å². The SMILES string of the molecule is O=C(Nc1cccc(CNC(=O)C2CC(=O)N(c3ccc(F)c([N+](=O)[O-])c3)C2)c1)c1ccco1. The highest BCUT2D eigenvalue weighted by atomic mass is 19.1. The van der Waals surface area contributed by atoms with Gasteiger partial charge in [0.2, 0.25) is 17.6 Å². The van der Waals surface area contributed by atoms with Crippen LogP contribution in [-0.4, -0.2) is 29.2 Å². The average molecular weight is 466 g/mol. The van der Waals surface area contributed by atoms with Crippen LogP contribution in [0.5, 0.6) is 0 Å². The lowest BCUT2D eigenvalue weighted by Crippen LogP contribution is -2.32. The third-order valence-electron chi connectivity index (χ3n) is 5.33. The Bertz CT molecular complexity index is 1260. The van der Waals surface area contributed by atoms with E-state index >= 15 is 0 Å². The van der Waals surface area contributed by atoms with Crippen molar-refractivity contribution in [2.45, 2.75) is 13.0 Å². The second-order valence-electron chi connectivity index (χ2n) is 7.65. The van der Waals surface area contributed by atoms with Gasteiger partial charge in [-0.2, -0.15) is 4.39 Å². The van der Waals surface area contributed by atoms with E-state index in [0.717, 1.165) is 17.7 Å². The van der Waals surface area contributed by atoms with Gasteiger partial charge in [-0.15, -0.1) is 0 Å². The summed E-state index contributed by atoms with van der Waals surface area (Å²) in [5.74, 6) is -2.66. The van der Waals surface area contributed by atoms with Crippen molar-refractivity contribution >= 4 is 34.8 Å². The fourth-order valence-corrected chi connectivity index (χ4v) is 3.63. The number of benzene rings is 2. The molecule has 1 saturated heterocycles. The lowest BCUT2D eigenvalue weighted by atomic mass is 10.1. The van der Waals surface area contributed by atoms with Crippen LogP contribution in [-0.2, 0) is 16.1 Å². The summed E-state index contributed by atoms with van der Waals surface area (Å²) in [5.41, 5.74) is 0.667. The molecule has 174 valence electrons. The third kappa shape index (κ3) is 4.93. The zero-order chi connectivity index (χ0) is 24.2. The van der Waals surface area contributed by atoms with Gasteiger partial charge in [0, 0.05) is 31.3 Å². The first-order valence-electron chi connectivity index (χ1n) is 10.3. The molecule has 0 saturated carbocycles. The maximum Gasteiger partial charge on any atom is 0.306 e. The lowest BCUT2D eigenvalue weighted by molar-refractivity contribution is -0.387. The number of nitro groups is 1. The van der Waals surface area contributed by atoms with Gasteiger partial charge in [0.05, 0.1) is 22.8 Å². The van der Waals surface area contributed by atoms with Crippen molar-refractivity contribution in [3.8, 4) is 0 Å². The van der Waals surface area contributed by atoms with Crippen molar-refractivity contribution in [1.29, 1.82) is 0 Å². The van der Waals surface area contributed by atoms with Crippen LogP contribution < -0.4 is 15.5 Å². The Morgan fingerprint density at radius 3 is 2.74 bits per heavy atom. The molecule has 1 atom stereocenters. The number of carbonyl (C=O) groups is 3. The topological polar surface area (TPSA) is 135 Å². The van der Waals surface area contributed by atoms with Gasteiger partial charge in [-0.1, -0.05) is 12.1 Å². The van der Waals surface area contributed by atoms with Gasteiger partial charge < -0.3 is 20.0 Å². The first-order chi connectivity index (χ1) is 16.3. The number of hydrogen-bond acceptors (Lipinski definition) is 6. The molecular weight excluding hydrogens is 447 g/mol. The van der Waals surface area contributed by atoms with Gasteiger partial charge in [0.15, 0.2) is 5.76 Å². The van der Waals surface area contributed by atoms with Crippen LogP contribution in [0.1, 0.15) is 22.5 Å². The number of nitro benzene ring substituents is 1. The van der Waals surface area contributed by atoms with E-state index in [4.69, 9.17) is 4.42 Å². The Morgan fingerprint density at radius 1 is 1.18 bits per heavy atom. The van der Waals surface area contributed by atoms with Crippen molar-refractivity contribution in [2.24, 2.45) is 5.92 Å². The molecule has 1 aliphatic rings. The van der Waals surface area contributed by atoms with E-state index in [2.05, 4.69) is 10.6 Å². The summed E-state index contributed by atoms with van der Waals surface area (Å²) >= 11 is 0. The quantitative estimate of drug-likeness (QED) is 0.405. The Kier molecular flexibility index (Phi) is 6.35. The number of amides is 3. The molecule has 2 N–H and O–H groups in total. The fraction of sp³-hybridized carbons (Fsp3) is 0.174. The summed E-state index contributed by atoms with van der Waals surface area (Å²) in [6.45, 7) is 0.183. The number of nitrogens with zero attached hydrogens (tertiary/aromatic N) is 2. The number of rotatable bonds is 7. The zero-order valence-electron chi connectivity index (χ0n) is 17.7. The van der Waals surface area contributed by atoms with Crippen LogP contribution in [0.3, 0.4) is 0 Å². The van der Waals surface area contributed by atoms with E-state index in [9.17, 15) is 28.9 Å². The maximum atomic E-state index is 13.6. The molecule has 3 amide bonds. The Balaban J connectivity index is 1.36. The predicted molar refractivity (Wildman–Crippen MR) is 118 cm³/mol. The highest BCUT2D eigenvalue weighted by molar-refractivity contribution is 6.02. The molecule has 3 aromatic rings. The Labute approximate surface area is 192 Å². The molecule has 2 heterocycles. The van der Waals surface area contributed by atoms with Crippen LogP contribution >= 0.6 is 0 Å². The summed E-state index contributed by atoms with van der Waals surface area (Å²) < 4.78 is 18.7. The molecule has 2 aromatic carbocycles. The maximum absolute atomic E-state index is 13.6. The summed E-state index contributed by atoms with van der Waals surface area (Å²) in [6.07, 6.45) is 1.32. The fourth-order valence-electron chi connectivity index (χ4n) is 3.63. The molecule has 0 aliphatic carbocycles. The molecule has 1 fully saturated rings. The van der Waals surface area contributed by atoms with E-state index < -0.39 is 28.3 Å². The highest BCUT2D eigenvalue weighted by Gasteiger charge is 2.35. The van der Waals surface area contributed by atoms with Gasteiger partial charge in [0.25, 0.3) is 5.91 Å². The summed E-state index contributed by atoms with van der Waals surface area (Å²) in [5, 5.41) is 16.4. The normalized spacial score (nSPS) is 15.3. The number of hydrogen-bond donors (Lipinski definition) is 2. The summed E-state index contributed by atoms with van der Waals surface area (Å²) in [4.78, 5) is 48.5. The van der Waals surface area contributed by atoms with E-state index in [-0.39, 0.29) is 42.8 Å². The monoisotopic (exact) mass is 466 g/mol. The van der Waals surface area contributed by atoms with Crippen LogP contribution in [0.25, 0.3) is 0 Å². The van der Waals surface area contributed by atoms with Gasteiger partial charge in [-0.25, -0.2) is 0 Å². The Hall–Kier alpha value is -4.54. The first kappa shape index (κ1) is 22.6. The molecule has 0 radical (unpaired) electrons. The minimum Gasteiger partial charge on any atom is -0.459 e. The molecule has 0 spiro atoms. The largest absolute Gasteiger partial charge is 0.459 e. The van der Waals surface area contributed by atoms with Gasteiger partial charge in [-0.3, -0.25) is 24.5 Å². The molecule has 34 heavy (non-hydrogen) atoms. The number of carbonyl (C=O) groups excluding carboxylic acids is 3. The van der Waals surface area contributed by atoms with Crippen LogP contribution in [0, 0.1) is 21.8 Å². The van der Waals surface area contributed by atoms with Crippen LogP contribution in [0.2, 0.25) is 0 Å². The zero-order valence-corrected chi connectivity index (χ0v) is 17.7. The van der Waals surface area contributed by atoms with E-state index in [1.165, 1.54) is 23.3 Å². The first-order valence-corrected chi connectivity index (χ1v) is 10.3. The number of anilines is 2. The highest BCUT2D eigenvalue weighted by Crippen LogP contribution is 2.29.